The van der Waals surface area contributed by atoms with Crippen molar-refractivity contribution in [1.82, 2.24) is 19.4 Å². The first-order chi connectivity index (χ1) is 14.5. The largest absolute Gasteiger partial charge is 0.491 e. The van der Waals surface area contributed by atoms with Gasteiger partial charge >= 0.3 is 0 Å². The van der Waals surface area contributed by atoms with Crippen LogP contribution in [-0.2, 0) is 7.05 Å². The maximum atomic E-state index is 13.1. The van der Waals surface area contributed by atoms with Crippen LogP contribution in [0.5, 0.6) is 5.75 Å². The van der Waals surface area contributed by atoms with Gasteiger partial charge in [0.1, 0.15) is 17.2 Å². The first-order valence-corrected chi connectivity index (χ1v) is 11.0. The number of carbonyl (C=O) groups excluding carboxylic acids is 1. The number of fused-ring (bicyclic) bond motifs is 1. The summed E-state index contributed by atoms with van der Waals surface area (Å²) < 4.78 is 7.21. The molecule has 3 aromatic rings. The van der Waals surface area contributed by atoms with Gasteiger partial charge in [0.2, 0.25) is 0 Å². The number of hydrogen-bond donors (Lipinski definition) is 0. The molecule has 0 radical (unpaired) electrons. The normalized spacial score (nSPS) is 15.0. The minimum atomic E-state index is -0.115. The van der Waals surface area contributed by atoms with E-state index < -0.39 is 0 Å². The topological polar surface area (TPSA) is 67.7 Å². The van der Waals surface area contributed by atoms with Gasteiger partial charge in [-0.1, -0.05) is 23.7 Å². The minimum absolute atomic E-state index is 0.0236. The van der Waals surface area contributed by atoms with Crippen LogP contribution in [0.4, 0.5) is 0 Å². The van der Waals surface area contributed by atoms with E-state index in [-0.39, 0.29) is 11.5 Å². The van der Waals surface area contributed by atoms with Gasteiger partial charge in [-0.2, -0.15) is 0 Å². The molecule has 7 nitrogen and oxygen atoms in total. The number of aryl methyl sites for hydroxylation is 2. The number of carbonyl (C=O) groups is 1. The Morgan fingerprint density at radius 2 is 1.97 bits per heavy atom. The summed E-state index contributed by atoms with van der Waals surface area (Å²) in [7, 11) is 1.67. The van der Waals surface area contributed by atoms with Crippen LogP contribution in [0.1, 0.15) is 15.2 Å². The number of piperazine rings is 1. The third-order valence-corrected chi connectivity index (χ3v) is 6.87. The second-order valence-electron chi connectivity index (χ2n) is 7.31. The molecule has 2 aromatic heterocycles. The lowest BCUT2D eigenvalue weighted by atomic mass is 10.2. The van der Waals surface area contributed by atoms with Crippen LogP contribution in [0.25, 0.3) is 10.2 Å². The van der Waals surface area contributed by atoms with Crippen LogP contribution in [0.3, 0.4) is 0 Å². The molecule has 0 saturated carbocycles. The molecule has 0 N–H and O–H groups in total. The fraction of sp³-hybridized carbons (Fsp3) is 0.381. The summed E-state index contributed by atoms with van der Waals surface area (Å²) in [6.45, 7) is 5.99. The highest BCUT2D eigenvalue weighted by Crippen LogP contribution is 2.28. The Morgan fingerprint density at radius 1 is 1.23 bits per heavy atom. The molecule has 9 heteroatoms. The van der Waals surface area contributed by atoms with Crippen molar-refractivity contribution < 1.29 is 9.53 Å². The van der Waals surface area contributed by atoms with E-state index in [1.54, 1.807) is 7.05 Å². The second kappa shape index (κ2) is 8.75. The van der Waals surface area contributed by atoms with Crippen molar-refractivity contribution in [2.45, 2.75) is 6.92 Å². The maximum Gasteiger partial charge on any atom is 0.264 e. The Bertz CT molecular complexity index is 1130. The van der Waals surface area contributed by atoms with Gasteiger partial charge in [0, 0.05) is 39.8 Å². The molecule has 0 aliphatic carbocycles. The van der Waals surface area contributed by atoms with Crippen LogP contribution < -0.4 is 10.3 Å². The van der Waals surface area contributed by atoms with Crippen molar-refractivity contribution in [3.63, 3.8) is 0 Å². The molecule has 0 atom stereocenters. The lowest BCUT2D eigenvalue weighted by Gasteiger charge is -2.34. The van der Waals surface area contributed by atoms with Gasteiger partial charge in [0.15, 0.2) is 0 Å². The fourth-order valence-electron chi connectivity index (χ4n) is 3.58. The molecule has 1 saturated heterocycles. The van der Waals surface area contributed by atoms with Crippen molar-refractivity contribution in [1.29, 1.82) is 0 Å². The molecule has 158 valence electrons. The van der Waals surface area contributed by atoms with E-state index in [0.717, 1.165) is 25.2 Å². The number of nitrogens with zero attached hydrogens (tertiary/aromatic N) is 4. The van der Waals surface area contributed by atoms with Gasteiger partial charge < -0.3 is 14.2 Å². The van der Waals surface area contributed by atoms with E-state index >= 15 is 0 Å². The van der Waals surface area contributed by atoms with Gasteiger partial charge in [-0.15, -0.1) is 11.3 Å². The van der Waals surface area contributed by atoms with Crippen molar-refractivity contribution in [3.8, 4) is 5.75 Å². The molecule has 1 aromatic carbocycles. The Morgan fingerprint density at radius 3 is 2.70 bits per heavy atom. The average molecular weight is 447 g/mol. The SMILES string of the molecule is Cc1c(C(=O)N2CCN(CCOc3ccccc3Cl)CC2)sc2ncn(C)c(=O)c12. The lowest BCUT2D eigenvalue weighted by molar-refractivity contribution is 0.0624. The molecule has 1 aliphatic heterocycles. The van der Waals surface area contributed by atoms with Gasteiger partial charge in [-0.05, 0) is 24.6 Å². The van der Waals surface area contributed by atoms with Crippen LogP contribution in [-0.4, -0.2) is 64.6 Å². The zero-order valence-electron chi connectivity index (χ0n) is 16.9. The van der Waals surface area contributed by atoms with Crippen LogP contribution >= 0.6 is 22.9 Å². The standard InChI is InChI=1S/C21H23ClN4O3S/c1-14-17-19(23-13-24(2)20(17)27)30-18(14)21(28)26-9-7-25(8-10-26)11-12-29-16-6-4-3-5-15(16)22/h3-6,13H,7-12H2,1-2H3. The number of rotatable bonds is 5. The Labute approximate surface area is 183 Å². The third-order valence-electron chi connectivity index (χ3n) is 5.37. The summed E-state index contributed by atoms with van der Waals surface area (Å²) in [5.74, 6) is 0.664. The summed E-state index contributed by atoms with van der Waals surface area (Å²) in [6, 6.07) is 7.43. The zero-order chi connectivity index (χ0) is 21.3. The summed E-state index contributed by atoms with van der Waals surface area (Å²) in [6.07, 6.45) is 1.50. The van der Waals surface area contributed by atoms with Crippen molar-refractivity contribution >= 4 is 39.1 Å². The molecule has 1 fully saturated rings. The predicted molar refractivity (Wildman–Crippen MR) is 119 cm³/mol. The molecule has 0 bridgehead atoms. The number of thiophene rings is 1. The molecule has 1 aliphatic rings. The van der Waals surface area contributed by atoms with Crippen molar-refractivity contribution in [2.24, 2.45) is 7.05 Å². The van der Waals surface area contributed by atoms with Crippen molar-refractivity contribution in [2.75, 3.05) is 39.3 Å². The number of benzene rings is 1. The van der Waals surface area contributed by atoms with Gasteiger partial charge in [0.25, 0.3) is 11.5 Å². The summed E-state index contributed by atoms with van der Waals surface area (Å²) in [4.78, 5) is 35.1. The zero-order valence-corrected chi connectivity index (χ0v) is 18.5. The Balaban J connectivity index is 1.35. The van der Waals surface area contributed by atoms with E-state index in [0.29, 0.717) is 45.6 Å². The van der Waals surface area contributed by atoms with Gasteiger partial charge in [-0.25, -0.2) is 4.98 Å². The van der Waals surface area contributed by atoms with Gasteiger partial charge in [-0.3, -0.25) is 14.5 Å². The highest BCUT2D eigenvalue weighted by Gasteiger charge is 2.26. The molecular formula is C21H23ClN4O3S. The second-order valence-corrected chi connectivity index (χ2v) is 8.72. The highest BCUT2D eigenvalue weighted by atomic mass is 35.5. The monoisotopic (exact) mass is 446 g/mol. The molecular weight excluding hydrogens is 424 g/mol. The van der Waals surface area contributed by atoms with E-state index in [1.807, 2.05) is 36.1 Å². The predicted octanol–water partition coefficient (Wildman–Crippen LogP) is 2.79. The summed E-state index contributed by atoms with van der Waals surface area (Å²) in [5.41, 5.74) is 0.611. The van der Waals surface area contributed by atoms with Crippen LogP contribution in [0.15, 0.2) is 35.4 Å². The smallest absolute Gasteiger partial charge is 0.264 e. The number of amides is 1. The first-order valence-electron chi connectivity index (χ1n) is 9.79. The molecule has 1 amide bonds. The Hall–Kier alpha value is -2.42. The number of aromatic nitrogens is 2. The van der Waals surface area contributed by atoms with Crippen LogP contribution in [0.2, 0.25) is 5.02 Å². The molecule has 3 heterocycles. The van der Waals surface area contributed by atoms with Gasteiger partial charge in [0.05, 0.1) is 21.6 Å². The van der Waals surface area contributed by atoms with E-state index in [9.17, 15) is 9.59 Å². The third kappa shape index (κ3) is 4.08. The summed E-state index contributed by atoms with van der Waals surface area (Å²) in [5, 5.41) is 1.15. The lowest BCUT2D eigenvalue weighted by Crippen LogP contribution is -2.49. The number of halogens is 1. The number of ether oxygens (including phenoxy) is 1. The first kappa shape index (κ1) is 20.8. The average Bonchev–Trinajstić information content (AvgIpc) is 3.09. The highest BCUT2D eigenvalue weighted by molar-refractivity contribution is 7.20. The molecule has 30 heavy (non-hydrogen) atoms. The Kier molecular flexibility index (Phi) is 6.08. The van der Waals surface area contributed by atoms with E-state index in [4.69, 9.17) is 16.3 Å². The molecule has 0 spiro atoms. The number of para-hydroxylation sites is 1. The number of hydrogen-bond acceptors (Lipinski definition) is 6. The van der Waals surface area contributed by atoms with Crippen molar-refractivity contribution in [3.05, 3.63) is 56.4 Å². The quantitative estimate of drug-likeness (QED) is 0.603. The van der Waals surface area contributed by atoms with E-state index in [2.05, 4.69) is 9.88 Å². The maximum absolute atomic E-state index is 13.1. The molecule has 0 unspecified atom stereocenters. The van der Waals surface area contributed by atoms with E-state index in [1.165, 1.54) is 22.2 Å². The van der Waals surface area contributed by atoms with Crippen LogP contribution in [0, 0.1) is 6.92 Å². The molecule has 4 rings (SSSR count). The minimum Gasteiger partial charge on any atom is -0.491 e. The fourth-order valence-corrected chi connectivity index (χ4v) is 4.88. The summed E-state index contributed by atoms with van der Waals surface area (Å²) >= 11 is 7.41.